The molecule has 6 heterocycles. The van der Waals surface area contributed by atoms with Crippen molar-refractivity contribution in [3.63, 3.8) is 0 Å². The Morgan fingerprint density at radius 3 is 0.974 bits per heavy atom. The maximum Gasteiger partial charge on any atom is 0.160 e. The number of furan rings is 3. The molecule has 0 N–H and O–H groups in total. The molecule has 117 heavy (non-hydrogen) atoms. The average Bonchev–Trinajstić information content (AvgIpc) is 1.60. The second-order valence-electron chi connectivity index (χ2n) is 29.1. The van der Waals surface area contributed by atoms with E-state index in [1.165, 1.54) is 16.7 Å². The van der Waals surface area contributed by atoms with Crippen molar-refractivity contribution in [1.29, 1.82) is 0 Å². The Bertz CT molecular complexity index is 7680. The van der Waals surface area contributed by atoms with Crippen molar-refractivity contribution >= 4 is 98.8 Å². The van der Waals surface area contributed by atoms with Crippen molar-refractivity contribution in [2.75, 3.05) is 0 Å². The Labute approximate surface area is 673 Å². The Morgan fingerprint density at radius 1 is 0.145 bits per heavy atom. The summed E-state index contributed by atoms with van der Waals surface area (Å²) in [7, 11) is 0. The molecule has 6 aromatic heterocycles. The summed E-state index contributed by atoms with van der Waals surface area (Å²) in [5.41, 5.74) is 31.6. The van der Waals surface area contributed by atoms with E-state index in [9.17, 15) is 0 Å². The Balaban J connectivity index is 0.000000110. The smallest absolute Gasteiger partial charge is 0.160 e. The van der Waals surface area contributed by atoms with Gasteiger partial charge in [0, 0.05) is 76.6 Å². The molecular weight excluding hydrogens is 1430 g/mol. The first-order chi connectivity index (χ1) is 57.9. The van der Waals surface area contributed by atoms with Crippen molar-refractivity contribution < 1.29 is 13.3 Å². The Kier molecular flexibility index (Phi) is 17.7. The van der Waals surface area contributed by atoms with Crippen molar-refractivity contribution in [2.24, 2.45) is 0 Å². The minimum atomic E-state index is 0.724. The first-order valence-electron chi connectivity index (χ1n) is 39.2. The van der Waals surface area contributed by atoms with Gasteiger partial charge in [-0.25, -0.2) is 29.9 Å². The second-order valence-corrected chi connectivity index (χ2v) is 29.1. The molecule has 0 aliphatic rings. The van der Waals surface area contributed by atoms with Gasteiger partial charge in [0.1, 0.15) is 33.5 Å². The first kappa shape index (κ1) is 69.1. The number of rotatable bonds is 11. The molecule has 23 rings (SSSR count). The second kappa shape index (κ2) is 30.0. The first-order valence-corrected chi connectivity index (χ1v) is 39.2. The zero-order valence-electron chi connectivity index (χ0n) is 63.2. The number of aromatic nitrogens is 6. The molecule has 9 heteroatoms. The molecule has 0 saturated heterocycles. The molecule has 0 unspecified atom stereocenters. The van der Waals surface area contributed by atoms with Gasteiger partial charge in [-0.05, 0) is 147 Å². The molecule has 0 fully saturated rings. The number of hydrogen-bond acceptors (Lipinski definition) is 9. The van der Waals surface area contributed by atoms with Crippen LogP contribution in [-0.2, 0) is 0 Å². The van der Waals surface area contributed by atoms with Crippen LogP contribution >= 0.6 is 0 Å². The fourth-order valence-electron chi connectivity index (χ4n) is 16.0. The molecule has 0 spiro atoms. The lowest BCUT2D eigenvalue weighted by Crippen LogP contribution is -1.97. The number of nitrogens with zero attached hydrogens (tertiary/aromatic N) is 6. The van der Waals surface area contributed by atoms with Crippen LogP contribution in [0.1, 0.15) is 0 Å². The summed E-state index contributed by atoms with van der Waals surface area (Å²) in [4.78, 5) is 30.6. The lowest BCUT2D eigenvalue weighted by molar-refractivity contribution is 0.668. The standard InChI is InChI=1S/2C38H24N2O.C32H20N2O/c1-3-11-25(12-4-1)36-37(26-13-5-2-6-14-26)40-38-30(18-10-19-33(38)39-36)29-16-9-15-27(23-29)28-21-22-32-31-17-7-8-20-34(31)41-35(32)24-28;1-2-9-25(10-3-1)28-11-8-12-29(23-28)26-17-19-27(20-18-26)37-38(40-34-15-6-5-14-33(34)39-37)30-21-22-32-31-13-4-7-16-35(31)41-36(32)24-30;1-3-9-21(10-4-1)31-27-18-16-23(19-28(27)33-32(34-31)22-11-5-2-6-12-22)24-15-17-26-25-13-7-8-14-29(25)35-30(26)20-24/h2*1-24H;1-20H. The van der Waals surface area contributed by atoms with Gasteiger partial charge < -0.3 is 13.3 Å². The lowest BCUT2D eigenvalue weighted by atomic mass is 9.97. The minimum Gasteiger partial charge on any atom is -0.456 e. The summed E-state index contributed by atoms with van der Waals surface area (Å²) in [5.74, 6) is 0.724. The van der Waals surface area contributed by atoms with Gasteiger partial charge in [-0.1, -0.05) is 315 Å². The van der Waals surface area contributed by atoms with Gasteiger partial charge in [0.05, 0.1) is 56.1 Å². The fraction of sp³-hybridized carbons (Fsp3) is 0. The number of para-hydroxylation sites is 6. The maximum atomic E-state index is 6.21. The van der Waals surface area contributed by atoms with Gasteiger partial charge >= 0.3 is 0 Å². The summed E-state index contributed by atoms with van der Waals surface area (Å²) >= 11 is 0. The number of hydrogen-bond donors (Lipinski definition) is 0. The lowest BCUT2D eigenvalue weighted by Gasteiger charge is -2.13. The van der Waals surface area contributed by atoms with Crippen molar-refractivity contribution in [2.45, 2.75) is 0 Å². The highest BCUT2D eigenvalue weighted by molar-refractivity contribution is 6.09. The van der Waals surface area contributed by atoms with Gasteiger partial charge in [0.2, 0.25) is 0 Å². The molecule has 548 valence electrons. The van der Waals surface area contributed by atoms with E-state index in [1.54, 1.807) is 0 Å². The predicted octanol–water partition coefficient (Wildman–Crippen LogP) is 28.9. The molecule has 23 aromatic rings. The van der Waals surface area contributed by atoms with Gasteiger partial charge in [-0.2, -0.15) is 0 Å². The summed E-state index contributed by atoms with van der Waals surface area (Å²) in [6, 6.07) is 142. The van der Waals surface area contributed by atoms with E-state index < -0.39 is 0 Å². The van der Waals surface area contributed by atoms with E-state index in [-0.39, 0.29) is 0 Å². The van der Waals surface area contributed by atoms with E-state index in [4.69, 9.17) is 43.2 Å². The highest BCUT2D eigenvalue weighted by atomic mass is 16.3. The van der Waals surface area contributed by atoms with E-state index in [0.717, 1.165) is 205 Å². The zero-order valence-corrected chi connectivity index (χ0v) is 63.2. The van der Waals surface area contributed by atoms with Crippen LogP contribution in [0.5, 0.6) is 0 Å². The molecule has 17 aromatic carbocycles. The molecule has 0 radical (unpaired) electrons. The molecule has 0 atom stereocenters. The molecule has 0 bridgehead atoms. The maximum absolute atomic E-state index is 6.21. The quantitative estimate of drug-likeness (QED) is 0.125. The predicted molar refractivity (Wildman–Crippen MR) is 480 cm³/mol. The van der Waals surface area contributed by atoms with Crippen molar-refractivity contribution in [1.82, 2.24) is 29.9 Å². The third-order valence-corrected chi connectivity index (χ3v) is 21.8. The normalized spacial score (nSPS) is 11.4. The van der Waals surface area contributed by atoms with E-state index in [1.807, 2.05) is 164 Å². The van der Waals surface area contributed by atoms with Gasteiger partial charge in [-0.15, -0.1) is 0 Å². The largest absolute Gasteiger partial charge is 0.456 e. The Hall–Kier alpha value is -15.8. The van der Waals surface area contributed by atoms with Crippen LogP contribution in [0.25, 0.3) is 222 Å². The average molecular weight is 1500 g/mol. The van der Waals surface area contributed by atoms with Gasteiger partial charge in [-0.3, -0.25) is 0 Å². The molecular formula is C108H68N6O3. The third kappa shape index (κ3) is 13.4. The summed E-state index contributed by atoms with van der Waals surface area (Å²) < 4.78 is 18.5. The topological polar surface area (TPSA) is 117 Å². The highest BCUT2D eigenvalue weighted by Gasteiger charge is 2.21. The van der Waals surface area contributed by atoms with Gasteiger partial charge in [0.15, 0.2) is 5.82 Å². The summed E-state index contributed by atoms with van der Waals surface area (Å²) in [5, 5.41) is 7.79. The van der Waals surface area contributed by atoms with Crippen LogP contribution in [0.4, 0.5) is 0 Å². The van der Waals surface area contributed by atoms with Crippen LogP contribution in [0.2, 0.25) is 0 Å². The van der Waals surface area contributed by atoms with E-state index in [2.05, 4.69) is 249 Å². The SMILES string of the molecule is c1ccc(-c2cccc(-c3ccc(-c4nc5ccccc5nc4-c4ccc5c(c4)oc4ccccc45)cc3)c2)cc1.c1ccc(-c2nc(-c3ccccc3)c3ccc(-c4ccc5c(c4)oc4ccccc45)cc3n2)cc1.c1ccc(-c2nc3cccc(-c4cccc(-c5ccc6c(c5)oc5ccccc56)c4)c3nc2-c2ccccc2)cc1. The molecule has 0 saturated carbocycles. The highest BCUT2D eigenvalue weighted by Crippen LogP contribution is 2.42. The summed E-state index contributed by atoms with van der Waals surface area (Å²) in [6.07, 6.45) is 0. The monoisotopic (exact) mass is 1500 g/mol. The van der Waals surface area contributed by atoms with Crippen LogP contribution in [-0.4, -0.2) is 29.9 Å². The Morgan fingerprint density at radius 2 is 0.453 bits per heavy atom. The number of benzene rings is 17. The summed E-state index contributed by atoms with van der Waals surface area (Å²) in [6.45, 7) is 0. The molecule has 0 amide bonds. The molecule has 0 aliphatic carbocycles. The van der Waals surface area contributed by atoms with E-state index in [0.29, 0.717) is 0 Å². The molecule has 9 nitrogen and oxygen atoms in total. The molecule has 0 aliphatic heterocycles. The van der Waals surface area contributed by atoms with Crippen LogP contribution in [0, 0.1) is 0 Å². The third-order valence-electron chi connectivity index (χ3n) is 21.8. The van der Waals surface area contributed by atoms with Crippen molar-refractivity contribution in [3.8, 4) is 123 Å². The van der Waals surface area contributed by atoms with Crippen LogP contribution in [0.15, 0.2) is 426 Å². The van der Waals surface area contributed by atoms with E-state index >= 15 is 0 Å². The van der Waals surface area contributed by atoms with Gasteiger partial charge in [0.25, 0.3) is 0 Å². The minimum absolute atomic E-state index is 0.724. The zero-order chi connectivity index (χ0) is 77.5. The van der Waals surface area contributed by atoms with Crippen LogP contribution in [0.3, 0.4) is 0 Å². The van der Waals surface area contributed by atoms with Crippen molar-refractivity contribution in [3.05, 3.63) is 413 Å². The number of fused-ring (bicyclic) bond motifs is 12. The van der Waals surface area contributed by atoms with Crippen LogP contribution < -0.4 is 0 Å². The fourth-order valence-corrected chi connectivity index (χ4v) is 16.0.